The van der Waals surface area contributed by atoms with E-state index in [9.17, 15) is 14.0 Å². The zero-order chi connectivity index (χ0) is 15.9. The van der Waals surface area contributed by atoms with Crippen molar-refractivity contribution in [2.24, 2.45) is 5.92 Å². The molecule has 4 nitrogen and oxygen atoms in total. The van der Waals surface area contributed by atoms with E-state index in [1.807, 2.05) is 6.92 Å². The van der Waals surface area contributed by atoms with Crippen molar-refractivity contribution < 1.29 is 19.1 Å². The predicted molar refractivity (Wildman–Crippen MR) is 82.8 cm³/mol. The zero-order valence-electron chi connectivity index (χ0n) is 12.1. The first-order valence-electron chi connectivity index (χ1n) is 7.18. The van der Waals surface area contributed by atoms with E-state index < -0.39 is 5.97 Å². The van der Waals surface area contributed by atoms with E-state index in [1.165, 1.54) is 23.5 Å². The van der Waals surface area contributed by atoms with Crippen LogP contribution in [0.4, 0.5) is 4.39 Å². The lowest BCUT2D eigenvalue weighted by Gasteiger charge is -2.11. The monoisotopic (exact) mass is 321 g/mol. The topological polar surface area (TPSA) is 66.4 Å². The first-order chi connectivity index (χ1) is 10.5. The number of carboxylic acid groups (broad SMARTS) is 1. The van der Waals surface area contributed by atoms with Crippen LogP contribution in [0.25, 0.3) is 10.1 Å². The van der Waals surface area contributed by atoms with Crippen LogP contribution >= 0.6 is 11.3 Å². The number of carboxylic acids is 1. The van der Waals surface area contributed by atoms with Gasteiger partial charge in [0.05, 0.1) is 10.8 Å². The number of fused-ring (bicyclic) bond motifs is 1. The number of nitrogens with one attached hydrogen (secondary N) is 1. The van der Waals surface area contributed by atoms with Gasteiger partial charge < -0.3 is 10.4 Å². The molecular weight excluding hydrogens is 305 g/mol. The van der Waals surface area contributed by atoms with Crippen LogP contribution in [0.2, 0.25) is 0 Å². The number of halogens is 1. The van der Waals surface area contributed by atoms with Gasteiger partial charge in [-0.2, -0.15) is 0 Å². The van der Waals surface area contributed by atoms with E-state index in [4.69, 9.17) is 5.11 Å². The summed E-state index contributed by atoms with van der Waals surface area (Å²) in [6.45, 7) is 1.85. The number of rotatable bonds is 3. The molecule has 1 saturated carbocycles. The van der Waals surface area contributed by atoms with E-state index in [-0.39, 0.29) is 23.7 Å². The third-order valence-corrected chi connectivity index (χ3v) is 5.48. The molecule has 1 aromatic carbocycles. The minimum absolute atomic E-state index is 0.102. The Balaban J connectivity index is 1.78. The van der Waals surface area contributed by atoms with Gasteiger partial charge in [-0.25, -0.2) is 4.39 Å². The molecule has 6 heteroatoms. The van der Waals surface area contributed by atoms with Crippen LogP contribution in [0, 0.1) is 18.7 Å². The van der Waals surface area contributed by atoms with Crippen LogP contribution < -0.4 is 5.32 Å². The summed E-state index contributed by atoms with van der Waals surface area (Å²) in [7, 11) is 0. The van der Waals surface area contributed by atoms with Crippen molar-refractivity contribution in [1.29, 1.82) is 0 Å². The van der Waals surface area contributed by atoms with Crippen LogP contribution in [-0.4, -0.2) is 23.0 Å². The number of carbonyl (C=O) groups excluding carboxylic acids is 1. The summed E-state index contributed by atoms with van der Waals surface area (Å²) >= 11 is 1.27. The Labute approximate surface area is 130 Å². The highest BCUT2D eigenvalue weighted by atomic mass is 32.1. The zero-order valence-corrected chi connectivity index (χ0v) is 12.9. The van der Waals surface area contributed by atoms with Crippen LogP contribution in [0.3, 0.4) is 0 Å². The molecule has 1 fully saturated rings. The molecule has 3 rings (SSSR count). The van der Waals surface area contributed by atoms with Gasteiger partial charge in [0.25, 0.3) is 5.91 Å². The first kappa shape index (κ1) is 15.0. The number of carbonyl (C=O) groups is 2. The molecule has 1 amide bonds. The SMILES string of the molecule is Cc1c(C(=O)N[C@H]2CC[C@@H](C(=O)O)C2)sc2cc(F)ccc12. The van der Waals surface area contributed by atoms with Gasteiger partial charge >= 0.3 is 5.97 Å². The summed E-state index contributed by atoms with van der Waals surface area (Å²) in [5, 5.41) is 12.8. The van der Waals surface area contributed by atoms with Crippen molar-refractivity contribution in [3.05, 3.63) is 34.5 Å². The number of aryl methyl sites for hydroxylation is 1. The number of hydrogen-bond acceptors (Lipinski definition) is 3. The lowest BCUT2D eigenvalue weighted by Crippen LogP contribution is -2.33. The highest BCUT2D eigenvalue weighted by Crippen LogP contribution is 2.32. The van der Waals surface area contributed by atoms with Gasteiger partial charge in [0, 0.05) is 10.7 Å². The number of amides is 1. The van der Waals surface area contributed by atoms with E-state index in [0.29, 0.717) is 24.1 Å². The van der Waals surface area contributed by atoms with Gasteiger partial charge in [-0.3, -0.25) is 9.59 Å². The average Bonchev–Trinajstić information content (AvgIpc) is 3.04. The van der Waals surface area contributed by atoms with E-state index >= 15 is 0 Å². The lowest BCUT2D eigenvalue weighted by molar-refractivity contribution is -0.141. The van der Waals surface area contributed by atoms with Gasteiger partial charge in [0.15, 0.2) is 0 Å². The van der Waals surface area contributed by atoms with Crippen molar-refractivity contribution in [2.45, 2.75) is 32.2 Å². The van der Waals surface area contributed by atoms with Crippen LogP contribution in [-0.2, 0) is 4.79 Å². The van der Waals surface area contributed by atoms with Gasteiger partial charge in [0.2, 0.25) is 0 Å². The third kappa shape index (κ3) is 2.70. The van der Waals surface area contributed by atoms with Gasteiger partial charge in [-0.05, 0) is 49.3 Å². The van der Waals surface area contributed by atoms with Gasteiger partial charge in [0.1, 0.15) is 5.82 Å². The first-order valence-corrected chi connectivity index (χ1v) is 7.99. The van der Waals surface area contributed by atoms with E-state index in [1.54, 1.807) is 6.07 Å². The second-order valence-electron chi connectivity index (χ2n) is 5.72. The Hall–Kier alpha value is -1.95. The van der Waals surface area contributed by atoms with Crippen LogP contribution in [0.5, 0.6) is 0 Å². The maximum atomic E-state index is 13.3. The summed E-state index contributed by atoms with van der Waals surface area (Å²) < 4.78 is 14.0. The van der Waals surface area contributed by atoms with Crippen molar-refractivity contribution >= 4 is 33.3 Å². The molecule has 1 heterocycles. The number of thiophene rings is 1. The second kappa shape index (κ2) is 5.68. The molecule has 1 aromatic heterocycles. The molecule has 1 aliphatic carbocycles. The Morgan fingerprint density at radius 1 is 1.36 bits per heavy atom. The molecular formula is C16H16FNO3S. The molecule has 0 radical (unpaired) electrons. The number of hydrogen-bond donors (Lipinski definition) is 2. The van der Waals surface area contributed by atoms with Gasteiger partial charge in [-0.15, -0.1) is 11.3 Å². The number of aliphatic carboxylic acids is 1. The minimum atomic E-state index is -0.801. The molecule has 0 bridgehead atoms. The quantitative estimate of drug-likeness (QED) is 0.911. The summed E-state index contributed by atoms with van der Waals surface area (Å²) in [4.78, 5) is 23.9. The average molecular weight is 321 g/mol. The molecule has 2 aromatic rings. The minimum Gasteiger partial charge on any atom is -0.481 e. The summed E-state index contributed by atoms with van der Waals surface area (Å²) in [6, 6.07) is 4.40. The molecule has 1 aliphatic rings. The largest absolute Gasteiger partial charge is 0.481 e. The second-order valence-corrected chi connectivity index (χ2v) is 6.77. The van der Waals surface area contributed by atoms with E-state index in [0.717, 1.165) is 15.6 Å². The Bertz CT molecular complexity index is 755. The molecule has 0 unspecified atom stereocenters. The molecule has 116 valence electrons. The molecule has 22 heavy (non-hydrogen) atoms. The van der Waals surface area contributed by atoms with Crippen molar-refractivity contribution in [3.63, 3.8) is 0 Å². The highest BCUT2D eigenvalue weighted by Gasteiger charge is 2.31. The summed E-state index contributed by atoms with van der Waals surface area (Å²) in [6.07, 6.45) is 1.75. The molecule has 0 aliphatic heterocycles. The van der Waals surface area contributed by atoms with Crippen LogP contribution in [0.15, 0.2) is 18.2 Å². The van der Waals surface area contributed by atoms with Crippen molar-refractivity contribution in [1.82, 2.24) is 5.32 Å². The Morgan fingerprint density at radius 2 is 2.14 bits per heavy atom. The maximum Gasteiger partial charge on any atom is 0.306 e. The summed E-state index contributed by atoms with van der Waals surface area (Å²) in [5.74, 6) is -1.69. The molecule has 2 N–H and O–H groups in total. The fraction of sp³-hybridized carbons (Fsp3) is 0.375. The fourth-order valence-electron chi connectivity index (χ4n) is 3.00. The Kier molecular flexibility index (Phi) is 3.87. The number of benzene rings is 1. The van der Waals surface area contributed by atoms with Crippen molar-refractivity contribution in [2.75, 3.05) is 0 Å². The maximum absolute atomic E-state index is 13.3. The predicted octanol–water partition coefficient (Wildman–Crippen LogP) is 3.33. The van der Waals surface area contributed by atoms with Crippen molar-refractivity contribution in [3.8, 4) is 0 Å². The van der Waals surface area contributed by atoms with Crippen LogP contribution in [0.1, 0.15) is 34.5 Å². The highest BCUT2D eigenvalue weighted by molar-refractivity contribution is 7.21. The lowest BCUT2D eigenvalue weighted by atomic mass is 10.1. The molecule has 2 atom stereocenters. The third-order valence-electron chi connectivity index (χ3n) is 4.22. The van der Waals surface area contributed by atoms with Gasteiger partial charge in [-0.1, -0.05) is 6.07 Å². The van der Waals surface area contributed by atoms with E-state index in [2.05, 4.69) is 5.32 Å². The standard InChI is InChI=1S/C16H16FNO3S/c1-8-12-5-3-10(17)7-13(12)22-14(8)15(19)18-11-4-2-9(6-11)16(20)21/h3,5,7,9,11H,2,4,6H2,1H3,(H,18,19)(H,20,21)/t9-,11+/m1/s1. The molecule has 0 saturated heterocycles. The smallest absolute Gasteiger partial charge is 0.306 e. The normalized spacial score (nSPS) is 21.2. The molecule has 0 spiro atoms. The fourth-order valence-corrected chi connectivity index (χ4v) is 4.14. The Morgan fingerprint density at radius 3 is 2.82 bits per heavy atom. The summed E-state index contributed by atoms with van der Waals surface area (Å²) in [5.41, 5.74) is 0.838.